The summed E-state index contributed by atoms with van der Waals surface area (Å²) in [6.07, 6.45) is 1.02. The van der Waals surface area contributed by atoms with E-state index in [2.05, 4.69) is 11.6 Å². The summed E-state index contributed by atoms with van der Waals surface area (Å²) in [5.41, 5.74) is 1.35. The highest BCUT2D eigenvalue weighted by molar-refractivity contribution is 7.89. The van der Waals surface area contributed by atoms with Crippen LogP contribution in [-0.2, 0) is 16.6 Å². The van der Waals surface area contributed by atoms with Crippen LogP contribution in [0.5, 0.6) is 0 Å². The molecule has 0 aliphatic carbocycles. The Labute approximate surface area is 167 Å². The van der Waals surface area contributed by atoms with Crippen molar-refractivity contribution in [3.8, 4) is 11.1 Å². The Morgan fingerprint density at radius 3 is 2.38 bits per heavy atom. The van der Waals surface area contributed by atoms with Gasteiger partial charge in [-0.05, 0) is 36.2 Å². The van der Waals surface area contributed by atoms with Gasteiger partial charge >= 0.3 is 6.18 Å². The van der Waals surface area contributed by atoms with Crippen LogP contribution in [0.1, 0.15) is 12.5 Å². The van der Waals surface area contributed by atoms with Crippen LogP contribution < -0.4 is 0 Å². The number of sulfonamides is 1. The van der Waals surface area contributed by atoms with E-state index in [1.165, 1.54) is 43.6 Å². The van der Waals surface area contributed by atoms with Crippen molar-refractivity contribution in [1.82, 2.24) is 9.29 Å². The van der Waals surface area contributed by atoms with Gasteiger partial charge < -0.3 is 0 Å². The molecule has 0 spiro atoms. The molecule has 0 atom stereocenters. The zero-order valence-electron chi connectivity index (χ0n) is 15.7. The first-order valence-corrected chi connectivity index (χ1v) is 10.1. The van der Waals surface area contributed by atoms with E-state index in [9.17, 15) is 26.0 Å². The third kappa shape index (κ3) is 6.79. The van der Waals surface area contributed by atoms with Gasteiger partial charge in [0.1, 0.15) is 12.4 Å². The number of rotatable bonds is 8. The molecule has 0 fully saturated rings. The largest absolute Gasteiger partial charge is 0.402 e. The van der Waals surface area contributed by atoms with E-state index in [0.29, 0.717) is 16.7 Å². The quantitative estimate of drug-likeness (QED) is 0.452. The van der Waals surface area contributed by atoms with Crippen molar-refractivity contribution < 1.29 is 26.0 Å². The second kappa shape index (κ2) is 9.32. The van der Waals surface area contributed by atoms with Crippen molar-refractivity contribution in [2.45, 2.75) is 19.6 Å². The molecular formula is C20H20F4N2O2S. The van der Waals surface area contributed by atoms with Gasteiger partial charge in [0.2, 0.25) is 10.0 Å². The lowest BCUT2D eigenvalue weighted by molar-refractivity contribution is -0.137. The number of hydrogen-bond donors (Lipinski definition) is 0. The summed E-state index contributed by atoms with van der Waals surface area (Å²) in [6, 6.07) is 7.28. The molecule has 0 bridgehead atoms. The lowest BCUT2D eigenvalue weighted by Crippen LogP contribution is -2.40. The van der Waals surface area contributed by atoms with Gasteiger partial charge in [0.15, 0.2) is 0 Å². The number of hydrogen-bond acceptors (Lipinski definition) is 3. The standard InChI is InChI=1S/C20H20F4N2O2S/c1-3-4-15(2)13-29(27,28)26(14-20(22,23)24)12-18-6-5-17(11-19(18)21)16-7-9-25-10-8-16/h3-11H,1,12-14H2,2H3. The maximum Gasteiger partial charge on any atom is 0.402 e. The fourth-order valence-electron chi connectivity index (χ4n) is 2.67. The van der Waals surface area contributed by atoms with Crippen LogP contribution in [0.2, 0.25) is 0 Å². The predicted molar refractivity (Wildman–Crippen MR) is 104 cm³/mol. The second-order valence-corrected chi connectivity index (χ2v) is 8.40. The lowest BCUT2D eigenvalue weighted by Gasteiger charge is -2.24. The molecule has 0 unspecified atom stereocenters. The molecule has 1 aromatic heterocycles. The topological polar surface area (TPSA) is 50.3 Å². The van der Waals surface area contributed by atoms with E-state index >= 15 is 0 Å². The molecular weight excluding hydrogens is 408 g/mol. The molecule has 1 heterocycles. The maximum absolute atomic E-state index is 14.6. The summed E-state index contributed by atoms with van der Waals surface area (Å²) >= 11 is 0. The van der Waals surface area contributed by atoms with E-state index in [1.807, 2.05) is 0 Å². The zero-order chi connectivity index (χ0) is 21.7. The number of pyridine rings is 1. The van der Waals surface area contributed by atoms with E-state index in [-0.39, 0.29) is 9.87 Å². The van der Waals surface area contributed by atoms with Crippen molar-refractivity contribution in [3.05, 3.63) is 78.4 Å². The first kappa shape index (κ1) is 22.8. The Morgan fingerprint density at radius 1 is 1.17 bits per heavy atom. The average Bonchev–Trinajstić information content (AvgIpc) is 2.62. The highest BCUT2D eigenvalue weighted by atomic mass is 32.2. The maximum atomic E-state index is 14.6. The summed E-state index contributed by atoms with van der Waals surface area (Å²) in [6.45, 7) is 2.46. The minimum absolute atomic E-state index is 0.152. The first-order chi connectivity index (χ1) is 13.5. The normalized spacial score (nSPS) is 13.0. The highest BCUT2D eigenvalue weighted by Gasteiger charge is 2.36. The molecule has 0 N–H and O–H groups in total. The molecule has 0 saturated heterocycles. The summed E-state index contributed by atoms with van der Waals surface area (Å²) in [4.78, 5) is 3.86. The minimum atomic E-state index is -4.77. The summed E-state index contributed by atoms with van der Waals surface area (Å²) in [5, 5.41) is 0. The molecule has 1 aromatic carbocycles. The Morgan fingerprint density at radius 2 is 1.83 bits per heavy atom. The molecule has 2 aromatic rings. The fraction of sp³-hybridized carbons (Fsp3) is 0.250. The Hall–Kier alpha value is -2.52. The summed E-state index contributed by atoms with van der Waals surface area (Å²) in [7, 11) is -4.33. The third-order valence-corrected chi connectivity index (χ3v) is 5.84. The Bertz CT molecular complexity index is 987. The fourth-order valence-corrected chi connectivity index (χ4v) is 4.20. The van der Waals surface area contributed by atoms with E-state index in [0.717, 1.165) is 6.07 Å². The zero-order valence-corrected chi connectivity index (χ0v) is 16.5. The van der Waals surface area contributed by atoms with Crippen LogP contribution in [0, 0.1) is 5.82 Å². The van der Waals surface area contributed by atoms with Gasteiger partial charge in [-0.1, -0.05) is 36.4 Å². The molecule has 156 valence electrons. The van der Waals surface area contributed by atoms with Gasteiger partial charge in [-0.15, -0.1) is 0 Å². The smallest absolute Gasteiger partial charge is 0.265 e. The number of alkyl halides is 3. The van der Waals surface area contributed by atoms with Gasteiger partial charge in [0, 0.05) is 24.5 Å². The van der Waals surface area contributed by atoms with Crippen LogP contribution in [-0.4, -0.2) is 36.2 Å². The number of allylic oxidation sites excluding steroid dienone is 2. The third-order valence-electron chi connectivity index (χ3n) is 3.97. The number of nitrogens with zero attached hydrogens (tertiary/aromatic N) is 2. The van der Waals surface area contributed by atoms with Gasteiger partial charge in [-0.25, -0.2) is 12.8 Å². The van der Waals surface area contributed by atoms with E-state index in [4.69, 9.17) is 0 Å². The molecule has 0 amide bonds. The predicted octanol–water partition coefficient (Wildman–Crippen LogP) is 4.71. The molecule has 4 nitrogen and oxygen atoms in total. The molecule has 0 saturated carbocycles. The molecule has 9 heteroatoms. The molecule has 2 rings (SSSR count). The molecule has 29 heavy (non-hydrogen) atoms. The lowest BCUT2D eigenvalue weighted by atomic mass is 10.0. The summed E-state index contributed by atoms with van der Waals surface area (Å²) < 4.78 is 78.8. The van der Waals surface area contributed by atoms with Gasteiger partial charge in [-0.2, -0.15) is 17.5 Å². The van der Waals surface area contributed by atoms with Gasteiger partial charge in [0.25, 0.3) is 0 Å². The van der Waals surface area contributed by atoms with Crippen molar-refractivity contribution in [2.75, 3.05) is 12.3 Å². The Kier molecular flexibility index (Phi) is 7.32. The van der Waals surface area contributed by atoms with Crippen LogP contribution in [0.4, 0.5) is 17.6 Å². The van der Waals surface area contributed by atoms with E-state index < -0.39 is 40.9 Å². The molecule has 0 aliphatic rings. The van der Waals surface area contributed by atoms with Crippen molar-refractivity contribution in [3.63, 3.8) is 0 Å². The van der Waals surface area contributed by atoms with Gasteiger partial charge in [0.05, 0.1) is 5.75 Å². The van der Waals surface area contributed by atoms with Crippen molar-refractivity contribution in [1.29, 1.82) is 0 Å². The van der Waals surface area contributed by atoms with Crippen LogP contribution in [0.15, 0.2) is 67.0 Å². The van der Waals surface area contributed by atoms with Crippen LogP contribution >= 0.6 is 0 Å². The summed E-state index contributed by atoms with van der Waals surface area (Å²) in [5.74, 6) is -1.41. The first-order valence-electron chi connectivity index (χ1n) is 8.53. The van der Waals surface area contributed by atoms with Crippen molar-refractivity contribution >= 4 is 10.0 Å². The molecule has 0 radical (unpaired) electrons. The average molecular weight is 428 g/mol. The monoisotopic (exact) mass is 428 g/mol. The second-order valence-electron chi connectivity index (χ2n) is 6.43. The number of benzene rings is 1. The Balaban J connectivity index is 2.33. The SMILES string of the molecule is C=CC=C(C)CS(=O)(=O)N(Cc1ccc(-c2ccncc2)cc1F)CC(F)(F)F. The number of aromatic nitrogens is 1. The molecule has 0 aliphatic heterocycles. The number of halogens is 4. The van der Waals surface area contributed by atoms with E-state index in [1.54, 1.807) is 12.1 Å². The minimum Gasteiger partial charge on any atom is -0.265 e. The highest BCUT2D eigenvalue weighted by Crippen LogP contribution is 2.25. The van der Waals surface area contributed by atoms with Gasteiger partial charge in [-0.3, -0.25) is 4.98 Å². The van der Waals surface area contributed by atoms with Crippen LogP contribution in [0.25, 0.3) is 11.1 Å². The van der Waals surface area contributed by atoms with Crippen molar-refractivity contribution in [2.24, 2.45) is 0 Å². The van der Waals surface area contributed by atoms with Crippen LogP contribution in [0.3, 0.4) is 0 Å².